The molecule has 2 aliphatic rings. The van der Waals surface area contributed by atoms with Crippen LogP contribution in [0.5, 0.6) is 0 Å². The minimum atomic E-state index is -0.996. The van der Waals surface area contributed by atoms with Gasteiger partial charge in [-0.2, -0.15) is 0 Å². The highest BCUT2D eigenvalue weighted by molar-refractivity contribution is 5.80. The number of carboxylic acids is 1. The first-order valence-electron chi connectivity index (χ1n) is 4.34. The van der Waals surface area contributed by atoms with Crippen molar-refractivity contribution >= 4 is 5.97 Å². The standard InChI is InChI=1S/C9H12FNO2/c1-6-2-9(8(12)13)3-7(10)5-11(9)4-6/h7H,1-5H2,(H,12,13)/t7-,9-/m1/s1. The molecule has 0 unspecified atom stereocenters. The van der Waals surface area contributed by atoms with Crippen LogP contribution in [0, 0.1) is 0 Å². The topological polar surface area (TPSA) is 40.5 Å². The largest absolute Gasteiger partial charge is 0.480 e. The van der Waals surface area contributed by atoms with Gasteiger partial charge in [-0.3, -0.25) is 9.69 Å². The van der Waals surface area contributed by atoms with Crippen LogP contribution in [-0.2, 0) is 4.79 Å². The third kappa shape index (κ3) is 1.09. The number of aliphatic carboxylic acids is 1. The van der Waals surface area contributed by atoms with Gasteiger partial charge in [0.1, 0.15) is 11.7 Å². The number of hydrogen-bond acceptors (Lipinski definition) is 2. The van der Waals surface area contributed by atoms with Crippen LogP contribution < -0.4 is 0 Å². The molecule has 0 aliphatic carbocycles. The van der Waals surface area contributed by atoms with E-state index in [0.717, 1.165) is 5.57 Å². The van der Waals surface area contributed by atoms with E-state index < -0.39 is 17.7 Å². The summed E-state index contributed by atoms with van der Waals surface area (Å²) in [4.78, 5) is 12.7. The number of carboxylic acid groups (broad SMARTS) is 1. The molecule has 0 aromatic rings. The lowest BCUT2D eigenvalue weighted by Gasteiger charge is -2.25. The van der Waals surface area contributed by atoms with Crippen LogP contribution in [0.4, 0.5) is 4.39 Å². The van der Waals surface area contributed by atoms with Gasteiger partial charge in [-0.1, -0.05) is 12.2 Å². The van der Waals surface area contributed by atoms with Gasteiger partial charge in [-0.15, -0.1) is 0 Å². The van der Waals surface area contributed by atoms with Gasteiger partial charge in [0.2, 0.25) is 0 Å². The quantitative estimate of drug-likeness (QED) is 0.615. The van der Waals surface area contributed by atoms with E-state index in [1.165, 1.54) is 0 Å². The summed E-state index contributed by atoms with van der Waals surface area (Å²) < 4.78 is 13.0. The van der Waals surface area contributed by atoms with E-state index in [0.29, 0.717) is 13.0 Å². The first kappa shape index (κ1) is 8.69. The van der Waals surface area contributed by atoms with E-state index in [-0.39, 0.29) is 13.0 Å². The maximum absolute atomic E-state index is 13.0. The number of carbonyl (C=O) groups is 1. The normalized spacial score (nSPS) is 39.5. The van der Waals surface area contributed by atoms with Gasteiger partial charge in [0.05, 0.1) is 0 Å². The fraction of sp³-hybridized carbons (Fsp3) is 0.667. The Hall–Kier alpha value is -0.900. The molecule has 0 saturated carbocycles. The van der Waals surface area contributed by atoms with Crippen LogP contribution in [0.15, 0.2) is 12.2 Å². The molecule has 72 valence electrons. The zero-order valence-corrected chi connectivity index (χ0v) is 7.29. The van der Waals surface area contributed by atoms with Gasteiger partial charge in [-0.25, -0.2) is 4.39 Å². The van der Waals surface area contributed by atoms with Crippen LogP contribution in [0.2, 0.25) is 0 Å². The molecule has 2 saturated heterocycles. The second-order valence-corrected chi connectivity index (χ2v) is 3.95. The van der Waals surface area contributed by atoms with Crippen molar-refractivity contribution in [3.63, 3.8) is 0 Å². The molecule has 4 heteroatoms. The van der Waals surface area contributed by atoms with Crippen molar-refractivity contribution in [2.75, 3.05) is 13.1 Å². The number of alkyl halides is 1. The highest BCUT2D eigenvalue weighted by atomic mass is 19.1. The Morgan fingerprint density at radius 1 is 1.77 bits per heavy atom. The molecule has 3 nitrogen and oxygen atoms in total. The van der Waals surface area contributed by atoms with E-state index in [2.05, 4.69) is 6.58 Å². The molecule has 2 atom stereocenters. The molecule has 2 aliphatic heterocycles. The summed E-state index contributed by atoms with van der Waals surface area (Å²) in [6, 6.07) is 0. The highest BCUT2D eigenvalue weighted by Gasteiger charge is 2.55. The Morgan fingerprint density at radius 2 is 2.46 bits per heavy atom. The summed E-state index contributed by atoms with van der Waals surface area (Å²) >= 11 is 0. The van der Waals surface area contributed by atoms with Crippen molar-refractivity contribution in [1.29, 1.82) is 0 Å². The van der Waals surface area contributed by atoms with E-state index in [4.69, 9.17) is 5.11 Å². The maximum atomic E-state index is 13.0. The predicted octanol–water partition coefficient (Wildman–Crippen LogP) is 0.813. The van der Waals surface area contributed by atoms with Gasteiger partial charge in [-0.05, 0) is 6.42 Å². The first-order valence-corrected chi connectivity index (χ1v) is 4.34. The SMILES string of the molecule is C=C1CN2C[C@H](F)C[C@@]2(C(=O)O)C1. The monoisotopic (exact) mass is 185 g/mol. The highest BCUT2D eigenvalue weighted by Crippen LogP contribution is 2.41. The van der Waals surface area contributed by atoms with Gasteiger partial charge in [0.25, 0.3) is 0 Å². The Balaban J connectivity index is 2.31. The second-order valence-electron chi connectivity index (χ2n) is 3.95. The van der Waals surface area contributed by atoms with Crippen molar-refractivity contribution in [2.45, 2.75) is 24.6 Å². The number of rotatable bonds is 1. The number of hydrogen-bond donors (Lipinski definition) is 1. The van der Waals surface area contributed by atoms with Crippen molar-refractivity contribution in [2.24, 2.45) is 0 Å². The summed E-state index contributed by atoms with van der Waals surface area (Å²) in [5.41, 5.74) is -0.0782. The van der Waals surface area contributed by atoms with Crippen LogP contribution in [-0.4, -0.2) is 40.8 Å². The summed E-state index contributed by atoms with van der Waals surface area (Å²) in [7, 11) is 0. The lowest BCUT2D eigenvalue weighted by molar-refractivity contribution is -0.148. The Labute approximate surface area is 75.8 Å². The summed E-state index contributed by atoms with van der Waals surface area (Å²) in [6.07, 6.45) is -0.478. The Bertz CT molecular complexity index is 279. The van der Waals surface area contributed by atoms with Crippen LogP contribution in [0.3, 0.4) is 0 Å². The van der Waals surface area contributed by atoms with E-state index in [1.54, 1.807) is 4.90 Å². The molecule has 0 radical (unpaired) electrons. The molecule has 2 heterocycles. The molecule has 1 N–H and O–H groups in total. The average molecular weight is 185 g/mol. The predicted molar refractivity (Wildman–Crippen MR) is 45.2 cm³/mol. The Morgan fingerprint density at radius 3 is 3.00 bits per heavy atom. The van der Waals surface area contributed by atoms with Crippen molar-refractivity contribution in [3.8, 4) is 0 Å². The van der Waals surface area contributed by atoms with Crippen LogP contribution in [0.25, 0.3) is 0 Å². The van der Waals surface area contributed by atoms with Gasteiger partial charge < -0.3 is 5.11 Å². The van der Waals surface area contributed by atoms with E-state index in [9.17, 15) is 9.18 Å². The van der Waals surface area contributed by atoms with Crippen molar-refractivity contribution < 1.29 is 14.3 Å². The zero-order valence-electron chi connectivity index (χ0n) is 7.29. The minimum absolute atomic E-state index is 0.112. The van der Waals surface area contributed by atoms with E-state index >= 15 is 0 Å². The smallest absolute Gasteiger partial charge is 0.324 e. The molecule has 0 bridgehead atoms. The van der Waals surface area contributed by atoms with Gasteiger partial charge in [0.15, 0.2) is 0 Å². The summed E-state index contributed by atoms with van der Waals surface area (Å²) in [6.45, 7) is 4.54. The molecule has 0 aromatic heterocycles. The number of halogens is 1. The summed E-state index contributed by atoms with van der Waals surface area (Å²) in [5.74, 6) is -0.911. The second kappa shape index (κ2) is 2.54. The van der Waals surface area contributed by atoms with Gasteiger partial charge in [0, 0.05) is 19.5 Å². The van der Waals surface area contributed by atoms with Crippen LogP contribution in [0.1, 0.15) is 12.8 Å². The lowest BCUT2D eigenvalue weighted by atomic mass is 9.93. The average Bonchev–Trinajstić information content (AvgIpc) is 2.40. The molecule has 0 amide bonds. The molecule has 2 rings (SSSR count). The number of nitrogens with zero attached hydrogens (tertiary/aromatic N) is 1. The molecule has 13 heavy (non-hydrogen) atoms. The molecule has 0 aromatic carbocycles. The lowest BCUT2D eigenvalue weighted by Crippen LogP contribution is -2.45. The van der Waals surface area contributed by atoms with Gasteiger partial charge >= 0.3 is 5.97 Å². The maximum Gasteiger partial charge on any atom is 0.324 e. The fourth-order valence-electron chi connectivity index (χ4n) is 2.41. The Kier molecular flexibility index (Phi) is 1.70. The fourth-order valence-corrected chi connectivity index (χ4v) is 2.41. The zero-order chi connectivity index (χ0) is 9.64. The number of fused-ring (bicyclic) bond motifs is 1. The van der Waals surface area contributed by atoms with Crippen molar-refractivity contribution in [3.05, 3.63) is 12.2 Å². The molecular weight excluding hydrogens is 173 g/mol. The third-order valence-corrected chi connectivity index (χ3v) is 2.94. The summed E-state index contributed by atoms with van der Waals surface area (Å²) in [5, 5.41) is 9.06. The van der Waals surface area contributed by atoms with Crippen molar-refractivity contribution in [1.82, 2.24) is 4.90 Å². The molecule has 2 fully saturated rings. The third-order valence-electron chi connectivity index (χ3n) is 2.94. The first-order chi connectivity index (χ1) is 6.04. The molecule has 0 spiro atoms. The molecular formula is C9H12FNO2. The van der Waals surface area contributed by atoms with Crippen LogP contribution >= 0.6 is 0 Å². The minimum Gasteiger partial charge on any atom is -0.480 e. The van der Waals surface area contributed by atoms with E-state index in [1.807, 2.05) is 0 Å².